The largest absolute Gasteiger partial charge is 0.352 e. The Morgan fingerprint density at radius 3 is 1.56 bits per heavy atom. The Hall–Kier alpha value is 0.690. The van der Waals surface area contributed by atoms with Crippen molar-refractivity contribution in [1.29, 1.82) is 0 Å². The molecule has 0 aliphatic rings. The van der Waals surface area contributed by atoms with Crippen LogP contribution in [-0.4, -0.2) is 127 Å². The van der Waals surface area contributed by atoms with Crippen molar-refractivity contribution in [2.24, 2.45) is 0 Å². The number of hydrogen-bond donors (Lipinski definition) is 8. The van der Waals surface area contributed by atoms with Gasteiger partial charge in [-0.1, -0.05) is 73.2 Å². The van der Waals surface area contributed by atoms with Crippen LogP contribution in [0.2, 0.25) is 0 Å². The second kappa shape index (κ2) is 29.4. The van der Waals surface area contributed by atoms with Crippen LogP contribution in [0.25, 0.3) is 0 Å². The van der Waals surface area contributed by atoms with E-state index in [-0.39, 0.29) is 43.6 Å². The molecule has 0 bridgehead atoms. The minimum atomic E-state index is -0.539. The van der Waals surface area contributed by atoms with Crippen molar-refractivity contribution in [1.82, 2.24) is 42.5 Å². The average molecular weight is 675 g/mol. The fourth-order valence-corrected chi connectivity index (χ4v) is 12.6. The second-order valence-electron chi connectivity index (χ2n) is 10.2. The SMILES string of the molecule is CCCP(CC)CNCP(CCC)CNC(=O)NCP(CCC(=O)NCP(CNC)CNC)CNCP(C)CNC. The summed E-state index contributed by atoms with van der Waals surface area (Å²) in [7, 11) is 4.77. The molecule has 0 spiro atoms. The van der Waals surface area contributed by atoms with E-state index in [2.05, 4.69) is 70.0 Å². The van der Waals surface area contributed by atoms with Gasteiger partial charge >= 0.3 is 6.03 Å². The monoisotopic (exact) mass is 674 g/mol. The molecule has 4 atom stereocenters. The molecule has 0 saturated carbocycles. The third-order valence-electron chi connectivity index (χ3n) is 6.19. The molecule has 0 aromatic rings. The van der Waals surface area contributed by atoms with Crippen LogP contribution in [0.15, 0.2) is 0 Å². The van der Waals surface area contributed by atoms with Crippen molar-refractivity contribution < 1.29 is 9.59 Å². The van der Waals surface area contributed by atoms with Crippen LogP contribution in [0.5, 0.6) is 0 Å². The summed E-state index contributed by atoms with van der Waals surface area (Å²) in [5.41, 5.74) is 0. The third-order valence-corrected chi connectivity index (χ3v) is 17.1. The van der Waals surface area contributed by atoms with Crippen LogP contribution in [0, 0.1) is 0 Å². The van der Waals surface area contributed by atoms with Crippen LogP contribution in [-0.2, 0) is 4.79 Å². The molecule has 0 radical (unpaired) electrons. The molecular formula is C26H63N8O2P5. The van der Waals surface area contributed by atoms with Crippen molar-refractivity contribution in [3.05, 3.63) is 0 Å². The Balaban J connectivity index is 4.73. The lowest BCUT2D eigenvalue weighted by molar-refractivity contribution is -0.120. The van der Waals surface area contributed by atoms with Crippen molar-refractivity contribution in [2.75, 3.05) is 115 Å². The second-order valence-corrected chi connectivity index (χ2v) is 22.4. The molecule has 3 amide bonds. The molecule has 0 aliphatic carbocycles. The number of carbonyl (C=O) groups is 2. The maximum atomic E-state index is 12.7. The van der Waals surface area contributed by atoms with Gasteiger partial charge < -0.3 is 42.5 Å². The molecule has 15 heteroatoms. The summed E-state index contributed by atoms with van der Waals surface area (Å²) < 4.78 is 0. The molecular weight excluding hydrogens is 611 g/mol. The highest BCUT2D eigenvalue weighted by Gasteiger charge is 2.15. The van der Waals surface area contributed by atoms with E-state index in [9.17, 15) is 9.59 Å². The molecule has 4 unspecified atom stereocenters. The zero-order valence-electron chi connectivity index (χ0n) is 27.1. The first kappa shape index (κ1) is 41.7. The van der Waals surface area contributed by atoms with Crippen LogP contribution in [0.1, 0.15) is 40.0 Å². The topological polar surface area (TPSA) is 130 Å². The predicted octanol–water partition coefficient (Wildman–Crippen LogP) is 4.08. The number of urea groups is 1. The van der Waals surface area contributed by atoms with Gasteiger partial charge in [0.2, 0.25) is 5.91 Å². The van der Waals surface area contributed by atoms with E-state index in [0.717, 1.165) is 69.2 Å². The van der Waals surface area contributed by atoms with E-state index in [4.69, 9.17) is 0 Å². The fourth-order valence-electron chi connectivity index (χ4n) is 4.09. The van der Waals surface area contributed by atoms with Crippen molar-refractivity contribution in [2.45, 2.75) is 40.0 Å². The molecule has 0 saturated heterocycles. The summed E-state index contributed by atoms with van der Waals surface area (Å²) >= 11 is 0. The van der Waals surface area contributed by atoms with Gasteiger partial charge in [-0.05, 0) is 52.5 Å². The van der Waals surface area contributed by atoms with E-state index in [0.29, 0.717) is 12.7 Å². The minimum Gasteiger partial charge on any atom is -0.352 e. The van der Waals surface area contributed by atoms with Crippen molar-refractivity contribution in [3.63, 3.8) is 0 Å². The quantitative estimate of drug-likeness (QED) is 0.0588. The highest BCUT2D eigenvalue weighted by molar-refractivity contribution is 7.59. The zero-order valence-corrected chi connectivity index (χ0v) is 31.5. The standard InChI is InChI=1S/C26H63N8O2P5/c1-8-12-38(10-3)19-31-21-39(13-9-2)23-33-26(36)34-24-40(20-30-18-37(7)15-27-4)14-11-25(35)32-22-41(16-28-5)17-29-6/h27-31H,8-24H2,1-7H3,(H,32,35)(H2,33,34,36). The Morgan fingerprint density at radius 2 is 1.02 bits per heavy atom. The Bertz CT molecular complexity index is 639. The molecule has 0 aromatic heterocycles. The van der Waals surface area contributed by atoms with Gasteiger partial charge in [-0.15, -0.1) is 0 Å². The van der Waals surface area contributed by atoms with E-state index in [1.54, 1.807) is 0 Å². The van der Waals surface area contributed by atoms with Gasteiger partial charge in [0.1, 0.15) is 0 Å². The molecule has 244 valence electrons. The molecule has 8 N–H and O–H groups in total. The fraction of sp³-hybridized carbons (Fsp3) is 0.923. The van der Waals surface area contributed by atoms with Crippen LogP contribution < -0.4 is 42.5 Å². The molecule has 10 nitrogen and oxygen atoms in total. The zero-order chi connectivity index (χ0) is 30.7. The van der Waals surface area contributed by atoms with Gasteiger partial charge in [0.05, 0.1) is 0 Å². The number of nitrogens with one attached hydrogen (secondary N) is 8. The number of rotatable bonds is 28. The number of amides is 3. The number of carbonyl (C=O) groups excluding carboxylic acids is 2. The van der Waals surface area contributed by atoms with E-state index in [1.165, 1.54) is 24.9 Å². The summed E-state index contributed by atoms with van der Waals surface area (Å²) in [6, 6.07) is -0.0787. The Labute approximate surface area is 258 Å². The van der Waals surface area contributed by atoms with Gasteiger partial charge in [-0.2, -0.15) is 0 Å². The minimum absolute atomic E-state index is 0.0787. The van der Waals surface area contributed by atoms with E-state index >= 15 is 0 Å². The summed E-state index contributed by atoms with van der Waals surface area (Å²) in [4.78, 5) is 25.4. The van der Waals surface area contributed by atoms with Gasteiger partial charge in [0, 0.05) is 69.3 Å². The molecule has 0 aliphatic heterocycles. The maximum Gasteiger partial charge on any atom is 0.315 e. The maximum absolute atomic E-state index is 12.7. The first-order chi connectivity index (χ1) is 19.8. The first-order valence-corrected chi connectivity index (χ1v) is 24.8. The Morgan fingerprint density at radius 1 is 0.537 bits per heavy atom. The summed E-state index contributed by atoms with van der Waals surface area (Å²) in [6.45, 7) is 9.08. The van der Waals surface area contributed by atoms with Gasteiger partial charge in [0.15, 0.2) is 0 Å². The van der Waals surface area contributed by atoms with Crippen molar-refractivity contribution in [3.8, 4) is 0 Å². The smallest absolute Gasteiger partial charge is 0.315 e. The van der Waals surface area contributed by atoms with Crippen LogP contribution in [0.4, 0.5) is 4.79 Å². The molecule has 0 heterocycles. The van der Waals surface area contributed by atoms with Crippen LogP contribution >= 0.6 is 39.6 Å². The van der Waals surface area contributed by atoms with Crippen LogP contribution in [0.3, 0.4) is 0 Å². The molecule has 0 rings (SSSR count). The molecule has 0 aromatic carbocycles. The lowest BCUT2D eigenvalue weighted by Gasteiger charge is -2.23. The highest BCUT2D eigenvalue weighted by Crippen LogP contribution is 2.38. The molecule has 0 fully saturated rings. The average Bonchev–Trinajstić information content (AvgIpc) is 2.95. The van der Waals surface area contributed by atoms with Crippen molar-refractivity contribution >= 4 is 51.5 Å². The third kappa shape index (κ3) is 24.7. The summed E-state index contributed by atoms with van der Waals surface area (Å²) in [5.74, 6) is 0.109. The lowest BCUT2D eigenvalue weighted by atomic mass is 10.5. The van der Waals surface area contributed by atoms with Gasteiger partial charge in [-0.25, -0.2) is 4.79 Å². The summed E-state index contributed by atoms with van der Waals surface area (Å²) in [6.07, 6.45) is 16.5. The molecule has 41 heavy (non-hydrogen) atoms. The first-order valence-electron chi connectivity index (χ1n) is 15.0. The normalized spacial score (nSPS) is 14.4. The predicted molar refractivity (Wildman–Crippen MR) is 193 cm³/mol. The summed E-state index contributed by atoms with van der Waals surface area (Å²) in [5, 5.41) is 26.4. The van der Waals surface area contributed by atoms with Gasteiger partial charge in [-0.3, -0.25) is 4.79 Å². The van der Waals surface area contributed by atoms with E-state index in [1.807, 2.05) is 21.1 Å². The Kier molecular flexibility index (Phi) is 29.9. The highest BCUT2D eigenvalue weighted by atomic mass is 31.1. The van der Waals surface area contributed by atoms with Gasteiger partial charge in [0.25, 0.3) is 0 Å². The number of hydrogen-bond acceptors (Lipinski definition) is 7. The van der Waals surface area contributed by atoms with E-state index < -0.39 is 7.92 Å². The lowest BCUT2D eigenvalue weighted by Crippen LogP contribution is -2.37.